The van der Waals surface area contributed by atoms with Crippen LogP contribution in [0.2, 0.25) is 5.02 Å². The van der Waals surface area contributed by atoms with E-state index in [-0.39, 0.29) is 11.6 Å². The Labute approximate surface area is 127 Å². The van der Waals surface area contributed by atoms with Crippen molar-refractivity contribution >= 4 is 22.5 Å². The lowest BCUT2D eigenvalue weighted by atomic mass is 10.2. The molecule has 0 bridgehead atoms. The molecular weight excluding hydrogens is 292 g/mol. The Morgan fingerprint density at radius 1 is 1.38 bits per heavy atom. The van der Waals surface area contributed by atoms with Crippen molar-refractivity contribution in [3.8, 4) is 0 Å². The number of morpholine rings is 1. The molecule has 0 saturated carbocycles. The van der Waals surface area contributed by atoms with E-state index in [4.69, 9.17) is 22.1 Å². The van der Waals surface area contributed by atoms with Crippen LogP contribution in [0.25, 0.3) is 10.9 Å². The summed E-state index contributed by atoms with van der Waals surface area (Å²) in [7, 11) is 0. The fraction of sp³-hybridized carbons (Fsp3) is 0.429. The van der Waals surface area contributed by atoms with Crippen LogP contribution < -0.4 is 16.3 Å². The van der Waals surface area contributed by atoms with Crippen LogP contribution in [0.1, 0.15) is 18.8 Å². The van der Waals surface area contributed by atoms with Crippen LogP contribution >= 0.6 is 11.6 Å². The molecule has 21 heavy (non-hydrogen) atoms. The summed E-state index contributed by atoms with van der Waals surface area (Å²) in [6.45, 7) is 4.21. The van der Waals surface area contributed by atoms with Gasteiger partial charge < -0.3 is 15.5 Å². The maximum absolute atomic E-state index is 12.9. The molecule has 2 N–H and O–H groups in total. The Bertz CT molecular complexity index is 723. The average Bonchev–Trinajstić information content (AvgIpc) is 2.47. The summed E-state index contributed by atoms with van der Waals surface area (Å²) in [5.74, 6) is 0.539. The zero-order valence-corrected chi connectivity index (χ0v) is 12.5. The second-order valence-electron chi connectivity index (χ2n) is 5.08. The number of benzene rings is 1. The molecule has 1 aliphatic rings. The van der Waals surface area contributed by atoms with E-state index in [2.05, 4.69) is 4.98 Å². The second-order valence-corrected chi connectivity index (χ2v) is 5.48. The molecule has 0 spiro atoms. The minimum atomic E-state index is -0.357. The number of rotatable bonds is 2. The number of hydrogen-bond acceptors (Lipinski definition) is 5. The lowest BCUT2D eigenvalue weighted by Crippen LogP contribution is -2.51. The standard InChI is InChI=1S/C14H17ClN4O2/c1-9(16)13-17-11-4-2-3-10(15)12(11)14(20)19(13)18-5-7-21-8-6-18/h2-4,9H,5-8,16H2,1H3/t9-/m0/s1. The lowest BCUT2D eigenvalue weighted by Gasteiger charge is -2.32. The zero-order valence-electron chi connectivity index (χ0n) is 11.8. The first-order valence-corrected chi connectivity index (χ1v) is 7.27. The van der Waals surface area contributed by atoms with Crippen LogP contribution in [0.4, 0.5) is 0 Å². The fourth-order valence-electron chi connectivity index (χ4n) is 2.52. The van der Waals surface area contributed by atoms with E-state index in [9.17, 15) is 4.79 Å². The number of aromatic nitrogens is 2. The van der Waals surface area contributed by atoms with Crippen molar-refractivity contribution < 1.29 is 4.74 Å². The third kappa shape index (κ3) is 2.50. The molecule has 2 heterocycles. The quantitative estimate of drug-likeness (QED) is 0.897. The summed E-state index contributed by atoms with van der Waals surface area (Å²) >= 11 is 6.18. The minimum absolute atomic E-state index is 0.181. The molecule has 0 radical (unpaired) electrons. The second kappa shape index (κ2) is 5.63. The highest BCUT2D eigenvalue weighted by atomic mass is 35.5. The molecule has 1 aromatic carbocycles. The summed E-state index contributed by atoms with van der Waals surface area (Å²) in [6, 6.07) is 4.89. The van der Waals surface area contributed by atoms with Crippen LogP contribution in [-0.4, -0.2) is 36.0 Å². The van der Waals surface area contributed by atoms with E-state index in [1.54, 1.807) is 22.9 Å². The number of ether oxygens (including phenoxy) is 1. The molecule has 7 heteroatoms. The predicted molar refractivity (Wildman–Crippen MR) is 82.4 cm³/mol. The topological polar surface area (TPSA) is 73.4 Å². The maximum atomic E-state index is 12.9. The monoisotopic (exact) mass is 308 g/mol. The van der Waals surface area contributed by atoms with E-state index in [0.717, 1.165) is 0 Å². The van der Waals surface area contributed by atoms with Crippen LogP contribution in [0.3, 0.4) is 0 Å². The van der Waals surface area contributed by atoms with Crippen molar-refractivity contribution in [2.75, 3.05) is 31.3 Å². The molecule has 1 saturated heterocycles. The predicted octanol–water partition coefficient (Wildman–Crippen LogP) is 1.04. The Balaban J connectivity index is 2.29. The molecule has 1 aliphatic heterocycles. The SMILES string of the molecule is C[C@H](N)c1nc2cccc(Cl)c2c(=O)n1N1CCOCC1. The van der Waals surface area contributed by atoms with E-state index in [1.807, 2.05) is 11.9 Å². The molecule has 2 aromatic rings. The van der Waals surface area contributed by atoms with Gasteiger partial charge in [-0.2, -0.15) is 0 Å². The first kappa shape index (κ1) is 14.3. The summed E-state index contributed by atoms with van der Waals surface area (Å²) in [5, 5.41) is 2.75. The van der Waals surface area contributed by atoms with Crippen LogP contribution in [0.5, 0.6) is 0 Å². The Kier molecular flexibility index (Phi) is 3.84. The number of halogens is 1. The molecular formula is C14H17ClN4O2. The van der Waals surface area contributed by atoms with Gasteiger partial charge in [-0.25, -0.2) is 9.66 Å². The van der Waals surface area contributed by atoms with Crippen LogP contribution in [-0.2, 0) is 4.74 Å². The molecule has 6 nitrogen and oxygen atoms in total. The van der Waals surface area contributed by atoms with E-state index in [1.165, 1.54) is 0 Å². The van der Waals surface area contributed by atoms with E-state index in [0.29, 0.717) is 48.1 Å². The molecule has 112 valence electrons. The number of nitrogens with two attached hydrogens (primary N) is 1. The highest BCUT2D eigenvalue weighted by Gasteiger charge is 2.21. The summed E-state index contributed by atoms with van der Waals surface area (Å²) < 4.78 is 6.89. The molecule has 0 amide bonds. The fourth-order valence-corrected chi connectivity index (χ4v) is 2.77. The largest absolute Gasteiger partial charge is 0.378 e. The number of hydrogen-bond donors (Lipinski definition) is 1. The van der Waals surface area contributed by atoms with Gasteiger partial charge in [-0.05, 0) is 19.1 Å². The Morgan fingerprint density at radius 2 is 2.10 bits per heavy atom. The van der Waals surface area contributed by atoms with Crippen molar-refractivity contribution in [2.24, 2.45) is 5.73 Å². The maximum Gasteiger partial charge on any atom is 0.281 e. The zero-order chi connectivity index (χ0) is 15.0. The molecule has 0 unspecified atom stereocenters. The highest BCUT2D eigenvalue weighted by Crippen LogP contribution is 2.20. The summed E-state index contributed by atoms with van der Waals surface area (Å²) in [6.07, 6.45) is 0. The van der Waals surface area contributed by atoms with E-state index < -0.39 is 0 Å². The van der Waals surface area contributed by atoms with Gasteiger partial charge in [0.15, 0.2) is 0 Å². The third-order valence-corrected chi connectivity index (χ3v) is 3.84. The highest BCUT2D eigenvalue weighted by molar-refractivity contribution is 6.35. The minimum Gasteiger partial charge on any atom is -0.378 e. The van der Waals surface area contributed by atoms with Gasteiger partial charge in [-0.15, -0.1) is 0 Å². The Morgan fingerprint density at radius 3 is 2.76 bits per heavy atom. The average molecular weight is 309 g/mol. The van der Waals surface area contributed by atoms with Gasteiger partial charge in [0.1, 0.15) is 5.82 Å². The number of fused-ring (bicyclic) bond motifs is 1. The molecule has 1 aromatic heterocycles. The number of nitrogens with zero attached hydrogens (tertiary/aromatic N) is 3. The molecule has 0 aliphatic carbocycles. The lowest BCUT2D eigenvalue weighted by molar-refractivity contribution is 0.110. The van der Waals surface area contributed by atoms with Crippen molar-refractivity contribution in [3.63, 3.8) is 0 Å². The van der Waals surface area contributed by atoms with Crippen molar-refractivity contribution in [1.29, 1.82) is 0 Å². The van der Waals surface area contributed by atoms with Gasteiger partial charge in [-0.3, -0.25) is 4.79 Å². The van der Waals surface area contributed by atoms with Gasteiger partial charge in [0.2, 0.25) is 0 Å². The van der Waals surface area contributed by atoms with Crippen molar-refractivity contribution in [1.82, 2.24) is 9.66 Å². The van der Waals surface area contributed by atoms with Gasteiger partial charge >= 0.3 is 0 Å². The van der Waals surface area contributed by atoms with Gasteiger partial charge in [0.05, 0.1) is 48.3 Å². The van der Waals surface area contributed by atoms with Crippen LogP contribution in [0.15, 0.2) is 23.0 Å². The third-order valence-electron chi connectivity index (χ3n) is 3.53. The summed E-state index contributed by atoms with van der Waals surface area (Å²) in [5.41, 5.74) is 6.40. The Hall–Kier alpha value is -1.63. The van der Waals surface area contributed by atoms with Crippen LogP contribution in [0, 0.1) is 0 Å². The van der Waals surface area contributed by atoms with Gasteiger partial charge in [0.25, 0.3) is 5.56 Å². The first-order chi connectivity index (χ1) is 10.1. The molecule has 1 fully saturated rings. The van der Waals surface area contributed by atoms with Gasteiger partial charge in [-0.1, -0.05) is 17.7 Å². The molecule has 1 atom stereocenters. The normalized spacial score (nSPS) is 17.2. The van der Waals surface area contributed by atoms with Gasteiger partial charge in [0, 0.05) is 0 Å². The first-order valence-electron chi connectivity index (χ1n) is 6.89. The van der Waals surface area contributed by atoms with Crippen molar-refractivity contribution in [3.05, 3.63) is 39.4 Å². The molecule has 3 rings (SSSR count). The van der Waals surface area contributed by atoms with E-state index >= 15 is 0 Å². The summed E-state index contributed by atoms with van der Waals surface area (Å²) in [4.78, 5) is 17.4. The van der Waals surface area contributed by atoms with Crippen molar-refractivity contribution in [2.45, 2.75) is 13.0 Å². The smallest absolute Gasteiger partial charge is 0.281 e.